The number of benzene rings is 1. The molecule has 0 spiro atoms. The predicted molar refractivity (Wildman–Crippen MR) is 124 cm³/mol. The zero-order valence-electron chi connectivity index (χ0n) is 19.2. The third kappa shape index (κ3) is 7.33. The van der Waals surface area contributed by atoms with Crippen LogP contribution in [-0.4, -0.2) is 64.5 Å². The molecule has 2 aromatic rings. The summed E-state index contributed by atoms with van der Waals surface area (Å²) < 4.78 is 7.57. The topological polar surface area (TPSA) is 79.6 Å². The Kier molecular flexibility index (Phi) is 9.30. The molecule has 0 radical (unpaired) electrons. The molecule has 31 heavy (non-hydrogen) atoms. The molecular weight excluding hydrogens is 390 g/mol. The first-order valence-corrected chi connectivity index (χ1v) is 11.5. The summed E-state index contributed by atoms with van der Waals surface area (Å²) in [6, 6.07) is 8.97. The number of ether oxygens (including phenoxy) is 1. The van der Waals surface area contributed by atoms with Crippen LogP contribution in [0.3, 0.4) is 0 Å². The Hall–Kier alpha value is -2.45. The Morgan fingerprint density at radius 2 is 1.97 bits per heavy atom. The van der Waals surface area contributed by atoms with Gasteiger partial charge in [0.2, 0.25) is 0 Å². The number of guanidine groups is 1. The highest BCUT2D eigenvalue weighted by molar-refractivity contribution is 5.80. The largest absolute Gasteiger partial charge is 0.379 e. The van der Waals surface area contributed by atoms with E-state index >= 15 is 0 Å². The molecule has 1 fully saturated rings. The van der Waals surface area contributed by atoms with Crippen LogP contribution in [0.4, 0.5) is 0 Å². The standard InChI is InChI=1S/C23H37N7O/c1-4-19(3)27-23(24-10-11-30-18-26-28-22(30)5-2)25-16-20-8-6-7-9-21(20)17-29-12-14-31-15-13-29/h6-9,18-19H,4-5,10-17H2,1-3H3,(H2,24,25,27). The Morgan fingerprint density at radius 3 is 2.71 bits per heavy atom. The highest BCUT2D eigenvalue weighted by Crippen LogP contribution is 2.14. The fourth-order valence-electron chi connectivity index (χ4n) is 3.55. The van der Waals surface area contributed by atoms with E-state index in [9.17, 15) is 0 Å². The van der Waals surface area contributed by atoms with E-state index in [1.54, 1.807) is 6.33 Å². The quantitative estimate of drug-likeness (QED) is 0.447. The molecule has 1 aliphatic heterocycles. The minimum Gasteiger partial charge on any atom is -0.379 e. The highest BCUT2D eigenvalue weighted by atomic mass is 16.5. The van der Waals surface area contributed by atoms with E-state index in [1.807, 2.05) is 0 Å². The van der Waals surface area contributed by atoms with Gasteiger partial charge < -0.3 is 19.9 Å². The van der Waals surface area contributed by atoms with Crippen LogP contribution in [0.1, 0.15) is 44.1 Å². The molecule has 170 valence electrons. The van der Waals surface area contributed by atoms with Crippen LogP contribution in [-0.2, 0) is 30.8 Å². The molecular formula is C23H37N7O. The van der Waals surface area contributed by atoms with Crippen molar-refractivity contribution < 1.29 is 4.74 Å². The van der Waals surface area contributed by atoms with E-state index in [1.165, 1.54) is 11.1 Å². The summed E-state index contributed by atoms with van der Waals surface area (Å²) in [6.07, 6.45) is 3.72. The first-order valence-electron chi connectivity index (χ1n) is 11.5. The third-order valence-corrected chi connectivity index (χ3v) is 5.68. The summed E-state index contributed by atoms with van der Waals surface area (Å²) in [5, 5.41) is 15.2. The molecule has 1 unspecified atom stereocenters. The Morgan fingerprint density at radius 1 is 1.19 bits per heavy atom. The molecule has 0 bridgehead atoms. The number of aryl methyl sites for hydroxylation is 1. The van der Waals surface area contributed by atoms with Gasteiger partial charge in [0.05, 0.1) is 19.8 Å². The molecule has 0 saturated carbocycles. The van der Waals surface area contributed by atoms with Gasteiger partial charge in [0.15, 0.2) is 5.96 Å². The number of morpholine rings is 1. The van der Waals surface area contributed by atoms with Gasteiger partial charge in [-0.3, -0.25) is 4.90 Å². The highest BCUT2D eigenvalue weighted by Gasteiger charge is 2.13. The number of aromatic nitrogens is 3. The fourth-order valence-corrected chi connectivity index (χ4v) is 3.55. The zero-order valence-corrected chi connectivity index (χ0v) is 19.2. The Labute approximate surface area is 186 Å². The number of rotatable bonds is 10. The maximum Gasteiger partial charge on any atom is 0.191 e. The van der Waals surface area contributed by atoms with E-state index < -0.39 is 0 Å². The zero-order chi connectivity index (χ0) is 21.9. The van der Waals surface area contributed by atoms with E-state index in [0.29, 0.717) is 12.6 Å². The normalized spacial score (nSPS) is 16.3. The molecule has 0 amide bonds. The van der Waals surface area contributed by atoms with Gasteiger partial charge in [-0.1, -0.05) is 38.1 Å². The van der Waals surface area contributed by atoms with Crippen molar-refractivity contribution in [3.8, 4) is 0 Å². The first kappa shape index (κ1) is 23.2. The molecule has 2 heterocycles. The lowest BCUT2D eigenvalue weighted by molar-refractivity contribution is 0.0341. The maximum atomic E-state index is 5.48. The van der Waals surface area contributed by atoms with Crippen LogP contribution >= 0.6 is 0 Å². The average molecular weight is 428 g/mol. The molecule has 8 nitrogen and oxygen atoms in total. The van der Waals surface area contributed by atoms with Crippen LogP contribution in [0, 0.1) is 0 Å². The average Bonchev–Trinajstić information content (AvgIpc) is 3.26. The molecule has 1 saturated heterocycles. The number of aliphatic imine (C=N–C) groups is 1. The van der Waals surface area contributed by atoms with Crippen LogP contribution in [0.5, 0.6) is 0 Å². The van der Waals surface area contributed by atoms with Gasteiger partial charge in [-0.05, 0) is 24.5 Å². The summed E-state index contributed by atoms with van der Waals surface area (Å²) in [5.41, 5.74) is 2.61. The maximum absolute atomic E-state index is 5.48. The lowest BCUT2D eigenvalue weighted by Crippen LogP contribution is -2.43. The van der Waals surface area contributed by atoms with Gasteiger partial charge in [0.1, 0.15) is 12.2 Å². The van der Waals surface area contributed by atoms with Gasteiger partial charge in [0, 0.05) is 45.2 Å². The van der Waals surface area contributed by atoms with Gasteiger partial charge in [-0.2, -0.15) is 0 Å². The molecule has 1 aromatic carbocycles. The summed E-state index contributed by atoms with van der Waals surface area (Å²) in [6.45, 7) is 13.2. The van der Waals surface area contributed by atoms with Crippen molar-refractivity contribution in [3.63, 3.8) is 0 Å². The van der Waals surface area contributed by atoms with E-state index in [-0.39, 0.29) is 0 Å². The van der Waals surface area contributed by atoms with Crippen molar-refractivity contribution in [2.75, 3.05) is 32.8 Å². The van der Waals surface area contributed by atoms with Crippen molar-refractivity contribution in [2.45, 2.75) is 59.3 Å². The molecule has 1 aliphatic rings. The second kappa shape index (κ2) is 12.4. The first-order chi connectivity index (χ1) is 15.2. The van der Waals surface area contributed by atoms with E-state index in [4.69, 9.17) is 9.73 Å². The van der Waals surface area contributed by atoms with Crippen molar-refractivity contribution in [3.05, 3.63) is 47.5 Å². The molecule has 2 N–H and O–H groups in total. The minimum atomic E-state index is 0.357. The number of hydrogen-bond acceptors (Lipinski definition) is 5. The lowest BCUT2D eigenvalue weighted by Gasteiger charge is -2.27. The Balaban J connectivity index is 1.63. The summed E-state index contributed by atoms with van der Waals surface area (Å²) >= 11 is 0. The van der Waals surface area contributed by atoms with Gasteiger partial charge in [0.25, 0.3) is 0 Å². The van der Waals surface area contributed by atoms with Gasteiger partial charge >= 0.3 is 0 Å². The van der Waals surface area contributed by atoms with Crippen molar-refractivity contribution in [1.82, 2.24) is 30.3 Å². The Bertz CT molecular complexity index is 814. The lowest BCUT2D eigenvalue weighted by atomic mass is 10.1. The fraction of sp³-hybridized carbons (Fsp3) is 0.609. The van der Waals surface area contributed by atoms with Crippen LogP contribution in [0.25, 0.3) is 0 Å². The minimum absolute atomic E-state index is 0.357. The van der Waals surface area contributed by atoms with E-state index in [2.05, 4.69) is 75.3 Å². The van der Waals surface area contributed by atoms with Gasteiger partial charge in [-0.25, -0.2) is 4.99 Å². The van der Waals surface area contributed by atoms with Crippen molar-refractivity contribution in [1.29, 1.82) is 0 Å². The smallest absolute Gasteiger partial charge is 0.191 e. The number of nitrogens with one attached hydrogen (secondary N) is 2. The second-order valence-corrected chi connectivity index (χ2v) is 8.00. The van der Waals surface area contributed by atoms with E-state index in [0.717, 1.165) is 70.6 Å². The molecule has 3 rings (SSSR count). The SMILES string of the molecule is CCc1nncn1CCNC(=NCc1ccccc1CN1CCOCC1)NC(C)CC. The summed E-state index contributed by atoms with van der Waals surface area (Å²) in [4.78, 5) is 7.36. The monoisotopic (exact) mass is 427 g/mol. The predicted octanol–water partition coefficient (Wildman–Crippen LogP) is 2.21. The van der Waals surface area contributed by atoms with Crippen molar-refractivity contribution in [2.24, 2.45) is 4.99 Å². The summed E-state index contributed by atoms with van der Waals surface area (Å²) in [7, 11) is 0. The van der Waals surface area contributed by atoms with Crippen LogP contribution in [0.15, 0.2) is 35.6 Å². The number of hydrogen-bond donors (Lipinski definition) is 2. The number of nitrogens with zero attached hydrogens (tertiary/aromatic N) is 5. The molecule has 1 atom stereocenters. The van der Waals surface area contributed by atoms with Crippen LogP contribution in [0.2, 0.25) is 0 Å². The third-order valence-electron chi connectivity index (χ3n) is 5.68. The molecule has 0 aliphatic carbocycles. The molecule has 8 heteroatoms. The van der Waals surface area contributed by atoms with Crippen LogP contribution < -0.4 is 10.6 Å². The molecule has 1 aromatic heterocycles. The van der Waals surface area contributed by atoms with Crippen molar-refractivity contribution >= 4 is 5.96 Å². The summed E-state index contributed by atoms with van der Waals surface area (Å²) in [5.74, 6) is 1.86. The second-order valence-electron chi connectivity index (χ2n) is 8.00. The van der Waals surface area contributed by atoms with Gasteiger partial charge in [-0.15, -0.1) is 10.2 Å².